The molecular weight excluding hydrogens is 418 g/mol. The van der Waals surface area contributed by atoms with Gasteiger partial charge in [0.2, 0.25) is 0 Å². The summed E-state index contributed by atoms with van der Waals surface area (Å²) in [6.45, 7) is 0. The number of carboxylic acids is 2. The van der Waals surface area contributed by atoms with Gasteiger partial charge in [0.05, 0.1) is 33.5 Å². The Morgan fingerprint density at radius 1 is 0.688 bits per heavy atom. The van der Waals surface area contributed by atoms with Crippen molar-refractivity contribution in [3.8, 4) is 5.75 Å². The quantitative estimate of drug-likeness (QED) is 0.357. The highest BCUT2D eigenvalue weighted by molar-refractivity contribution is 6.34. The van der Waals surface area contributed by atoms with Crippen LogP contribution in [0.5, 0.6) is 5.75 Å². The molecule has 2 N–H and O–H groups in total. The van der Waals surface area contributed by atoms with E-state index in [1.165, 1.54) is 66.7 Å². The summed E-state index contributed by atoms with van der Waals surface area (Å²) in [6.07, 6.45) is 0. The largest absolute Gasteiger partial charge is 0.478 e. The van der Waals surface area contributed by atoms with Crippen LogP contribution in [0, 0.1) is 0 Å². The molecule has 3 aromatic rings. The van der Waals surface area contributed by atoms with Crippen LogP contribution >= 0.6 is 0 Å². The Kier molecular flexibility index (Phi) is 4.99. The molecule has 0 aliphatic carbocycles. The number of ether oxygens (including phenoxy) is 1. The molecule has 0 bridgehead atoms. The van der Waals surface area contributed by atoms with Crippen molar-refractivity contribution in [1.82, 2.24) is 0 Å². The van der Waals surface area contributed by atoms with Gasteiger partial charge in [-0.25, -0.2) is 19.3 Å². The van der Waals surface area contributed by atoms with Crippen LogP contribution in [0.1, 0.15) is 51.8 Å². The minimum atomic E-state index is -1.20. The number of carbonyl (C=O) groups is 5. The smallest absolute Gasteiger partial charge is 0.343 e. The Hall–Kier alpha value is -4.79. The van der Waals surface area contributed by atoms with E-state index >= 15 is 0 Å². The van der Waals surface area contributed by atoms with Crippen molar-refractivity contribution < 1.29 is 38.9 Å². The van der Waals surface area contributed by atoms with Crippen molar-refractivity contribution in [3.05, 3.63) is 94.5 Å². The van der Waals surface area contributed by atoms with E-state index in [4.69, 9.17) is 14.9 Å². The fourth-order valence-corrected chi connectivity index (χ4v) is 3.21. The Labute approximate surface area is 180 Å². The topological polar surface area (TPSA) is 138 Å². The van der Waals surface area contributed by atoms with E-state index in [2.05, 4.69) is 0 Å². The number of esters is 1. The van der Waals surface area contributed by atoms with E-state index in [-0.39, 0.29) is 39.3 Å². The zero-order valence-corrected chi connectivity index (χ0v) is 16.1. The number of hydrogen-bond acceptors (Lipinski definition) is 6. The second kappa shape index (κ2) is 7.80. The third-order valence-electron chi connectivity index (χ3n) is 4.79. The highest BCUT2D eigenvalue weighted by atomic mass is 16.5. The van der Waals surface area contributed by atoms with Crippen molar-refractivity contribution in [3.63, 3.8) is 0 Å². The Balaban J connectivity index is 1.60. The molecule has 1 aliphatic rings. The first-order valence-corrected chi connectivity index (χ1v) is 9.18. The summed E-state index contributed by atoms with van der Waals surface area (Å²) in [7, 11) is 0. The van der Waals surface area contributed by atoms with Crippen LogP contribution in [0.15, 0.2) is 66.7 Å². The molecule has 0 fully saturated rings. The van der Waals surface area contributed by atoms with Gasteiger partial charge in [-0.05, 0) is 60.7 Å². The van der Waals surface area contributed by atoms with Gasteiger partial charge in [0.15, 0.2) is 0 Å². The lowest BCUT2D eigenvalue weighted by Crippen LogP contribution is -2.29. The van der Waals surface area contributed by atoms with Crippen LogP contribution in [0.3, 0.4) is 0 Å². The van der Waals surface area contributed by atoms with Crippen LogP contribution < -0.4 is 9.64 Å². The molecule has 4 rings (SSSR count). The number of aromatic carboxylic acids is 2. The molecule has 1 heterocycles. The van der Waals surface area contributed by atoms with E-state index in [0.717, 1.165) is 4.90 Å². The lowest BCUT2D eigenvalue weighted by molar-refractivity contribution is 0.0685. The summed E-state index contributed by atoms with van der Waals surface area (Å²) >= 11 is 0. The molecule has 0 spiro atoms. The van der Waals surface area contributed by atoms with Gasteiger partial charge in [0, 0.05) is 0 Å². The highest BCUT2D eigenvalue weighted by Gasteiger charge is 2.37. The summed E-state index contributed by atoms with van der Waals surface area (Å²) in [4.78, 5) is 61.0. The van der Waals surface area contributed by atoms with Crippen LogP contribution in [0.4, 0.5) is 5.69 Å². The number of rotatable bonds is 5. The minimum absolute atomic E-state index is 0.00773. The van der Waals surface area contributed by atoms with Gasteiger partial charge in [-0.2, -0.15) is 0 Å². The average Bonchev–Trinajstić information content (AvgIpc) is 3.03. The molecule has 9 nitrogen and oxygen atoms in total. The van der Waals surface area contributed by atoms with E-state index in [1.54, 1.807) is 0 Å². The number of imide groups is 1. The third kappa shape index (κ3) is 3.58. The summed E-state index contributed by atoms with van der Waals surface area (Å²) < 4.78 is 5.20. The van der Waals surface area contributed by atoms with Gasteiger partial charge in [0.25, 0.3) is 11.8 Å². The molecule has 3 aromatic carbocycles. The molecule has 0 unspecified atom stereocenters. The number of carbonyl (C=O) groups excluding carboxylic acids is 3. The molecule has 0 radical (unpaired) electrons. The Morgan fingerprint density at radius 3 is 1.97 bits per heavy atom. The normalized spacial score (nSPS) is 12.4. The van der Waals surface area contributed by atoms with Gasteiger partial charge in [-0.3, -0.25) is 9.59 Å². The number of anilines is 1. The molecule has 9 heteroatoms. The van der Waals surface area contributed by atoms with Crippen LogP contribution in [0.25, 0.3) is 0 Å². The summed E-state index contributed by atoms with van der Waals surface area (Å²) in [5.41, 5.74) is 0.0901. The SMILES string of the molecule is O=C(O)c1ccc(OC(=O)c2ccc3c(c2)C(=O)N(c2cccc(C(=O)O)c2)C3=O)cc1. The third-order valence-corrected chi connectivity index (χ3v) is 4.79. The lowest BCUT2D eigenvalue weighted by atomic mass is 10.1. The Morgan fingerprint density at radius 2 is 1.31 bits per heavy atom. The number of carboxylic acid groups (broad SMARTS) is 2. The summed E-state index contributed by atoms with van der Waals surface area (Å²) in [6, 6.07) is 14.5. The number of amides is 2. The van der Waals surface area contributed by atoms with Gasteiger partial charge in [0.1, 0.15) is 5.75 Å². The molecule has 0 atom stereocenters. The van der Waals surface area contributed by atoms with E-state index in [0.29, 0.717) is 0 Å². The molecule has 0 aromatic heterocycles. The second-order valence-electron chi connectivity index (χ2n) is 6.78. The Bertz CT molecular complexity index is 1310. The maximum absolute atomic E-state index is 12.9. The number of fused-ring (bicyclic) bond motifs is 1. The predicted molar refractivity (Wildman–Crippen MR) is 109 cm³/mol. The van der Waals surface area contributed by atoms with Gasteiger partial charge < -0.3 is 14.9 Å². The average molecular weight is 431 g/mol. The first kappa shape index (κ1) is 20.5. The number of hydrogen-bond donors (Lipinski definition) is 2. The molecule has 0 saturated carbocycles. The maximum atomic E-state index is 12.9. The lowest BCUT2D eigenvalue weighted by Gasteiger charge is -2.14. The number of benzene rings is 3. The fraction of sp³-hybridized carbons (Fsp3) is 0. The fourth-order valence-electron chi connectivity index (χ4n) is 3.21. The predicted octanol–water partition coefficient (Wildman–Crippen LogP) is 3.10. The zero-order chi connectivity index (χ0) is 23.0. The molecule has 32 heavy (non-hydrogen) atoms. The molecule has 2 amide bonds. The standard InChI is InChI=1S/C23H13NO8/c25-19-17-9-6-14(23(31)32-16-7-4-12(5-8-16)21(27)28)11-18(17)20(26)24(19)15-3-1-2-13(10-15)22(29)30/h1-11H,(H,27,28)(H,29,30). The van der Waals surface area contributed by atoms with Gasteiger partial charge in [-0.15, -0.1) is 0 Å². The summed E-state index contributed by atoms with van der Waals surface area (Å²) in [5, 5.41) is 18.1. The number of nitrogens with zero attached hydrogens (tertiary/aromatic N) is 1. The van der Waals surface area contributed by atoms with E-state index < -0.39 is 29.7 Å². The first-order valence-electron chi connectivity index (χ1n) is 9.18. The molecular formula is C23H13NO8. The van der Waals surface area contributed by atoms with Crippen LogP contribution in [-0.4, -0.2) is 39.9 Å². The van der Waals surface area contributed by atoms with Crippen molar-refractivity contribution in [1.29, 1.82) is 0 Å². The van der Waals surface area contributed by atoms with Crippen LogP contribution in [0.2, 0.25) is 0 Å². The minimum Gasteiger partial charge on any atom is -0.478 e. The van der Waals surface area contributed by atoms with E-state index in [1.807, 2.05) is 0 Å². The molecule has 158 valence electrons. The van der Waals surface area contributed by atoms with Crippen LogP contribution in [-0.2, 0) is 0 Å². The van der Waals surface area contributed by atoms with Crippen molar-refractivity contribution >= 4 is 35.4 Å². The monoisotopic (exact) mass is 431 g/mol. The van der Waals surface area contributed by atoms with Crippen molar-refractivity contribution in [2.45, 2.75) is 0 Å². The summed E-state index contributed by atoms with van der Waals surface area (Å²) in [5.74, 6) is -4.37. The van der Waals surface area contributed by atoms with Gasteiger partial charge >= 0.3 is 17.9 Å². The van der Waals surface area contributed by atoms with E-state index in [9.17, 15) is 24.0 Å². The second-order valence-corrected chi connectivity index (χ2v) is 6.78. The van der Waals surface area contributed by atoms with Crippen molar-refractivity contribution in [2.75, 3.05) is 4.90 Å². The van der Waals surface area contributed by atoms with Crippen molar-refractivity contribution in [2.24, 2.45) is 0 Å². The first-order chi connectivity index (χ1) is 15.3. The van der Waals surface area contributed by atoms with Gasteiger partial charge in [-0.1, -0.05) is 6.07 Å². The zero-order valence-electron chi connectivity index (χ0n) is 16.1. The highest BCUT2D eigenvalue weighted by Crippen LogP contribution is 2.30. The molecule has 0 saturated heterocycles. The molecule has 1 aliphatic heterocycles. The maximum Gasteiger partial charge on any atom is 0.343 e.